The Balaban J connectivity index is 1.95. The summed E-state index contributed by atoms with van der Waals surface area (Å²) in [6.45, 7) is 4.14. The summed E-state index contributed by atoms with van der Waals surface area (Å²) in [7, 11) is 1.92. The van der Waals surface area contributed by atoms with Gasteiger partial charge in [0.2, 0.25) is 5.91 Å². The standard InChI is InChI=1S/C16H22N4OS/c1-4-8-12(2)17-14(21)11-22-16-19-18-15(20(16)3)13-9-6-5-7-10-13/h5-7,9-10,12H,4,8,11H2,1-3H3,(H,17,21). The first-order valence-corrected chi connectivity index (χ1v) is 8.47. The molecule has 118 valence electrons. The summed E-state index contributed by atoms with van der Waals surface area (Å²) in [6, 6.07) is 10.1. The van der Waals surface area contributed by atoms with Crippen LogP contribution in [-0.2, 0) is 11.8 Å². The minimum atomic E-state index is 0.0372. The Bertz CT molecular complexity index is 612. The van der Waals surface area contributed by atoms with Crippen molar-refractivity contribution in [2.75, 3.05) is 5.75 Å². The molecule has 1 aromatic heterocycles. The van der Waals surface area contributed by atoms with Crippen LogP contribution in [0.3, 0.4) is 0 Å². The average Bonchev–Trinajstić information content (AvgIpc) is 2.87. The fraction of sp³-hybridized carbons (Fsp3) is 0.438. The highest BCUT2D eigenvalue weighted by atomic mass is 32.2. The van der Waals surface area contributed by atoms with Gasteiger partial charge in [-0.05, 0) is 13.3 Å². The van der Waals surface area contributed by atoms with Crippen molar-refractivity contribution >= 4 is 17.7 Å². The van der Waals surface area contributed by atoms with E-state index in [1.807, 2.05) is 48.9 Å². The summed E-state index contributed by atoms with van der Waals surface area (Å²) < 4.78 is 1.92. The van der Waals surface area contributed by atoms with Crippen LogP contribution >= 0.6 is 11.8 Å². The number of carbonyl (C=O) groups is 1. The van der Waals surface area contributed by atoms with E-state index in [1.54, 1.807) is 0 Å². The van der Waals surface area contributed by atoms with Gasteiger partial charge in [0.1, 0.15) is 0 Å². The monoisotopic (exact) mass is 318 g/mol. The lowest BCUT2D eigenvalue weighted by Gasteiger charge is -2.12. The van der Waals surface area contributed by atoms with Crippen LogP contribution in [0.5, 0.6) is 0 Å². The van der Waals surface area contributed by atoms with E-state index < -0.39 is 0 Å². The van der Waals surface area contributed by atoms with Crippen LogP contribution in [0.1, 0.15) is 26.7 Å². The molecule has 1 N–H and O–H groups in total. The van der Waals surface area contributed by atoms with Gasteiger partial charge in [-0.25, -0.2) is 0 Å². The number of hydrogen-bond donors (Lipinski definition) is 1. The van der Waals surface area contributed by atoms with Gasteiger partial charge < -0.3 is 9.88 Å². The molecule has 1 atom stereocenters. The molecule has 6 heteroatoms. The fourth-order valence-electron chi connectivity index (χ4n) is 2.23. The third-order valence-corrected chi connectivity index (χ3v) is 4.35. The van der Waals surface area contributed by atoms with Crippen molar-refractivity contribution in [3.05, 3.63) is 30.3 Å². The third kappa shape index (κ3) is 4.34. The van der Waals surface area contributed by atoms with E-state index in [2.05, 4.69) is 22.4 Å². The van der Waals surface area contributed by atoms with Crippen LogP contribution in [0.4, 0.5) is 0 Å². The normalized spacial score (nSPS) is 12.1. The minimum absolute atomic E-state index is 0.0372. The molecule has 0 saturated carbocycles. The Kier molecular flexibility index (Phi) is 6.00. The van der Waals surface area contributed by atoms with Gasteiger partial charge in [0.05, 0.1) is 5.75 Å². The van der Waals surface area contributed by atoms with E-state index >= 15 is 0 Å². The molecule has 0 aliphatic heterocycles. The van der Waals surface area contributed by atoms with Crippen molar-refractivity contribution in [2.24, 2.45) is 7.05 Å². The Hall–Kier alpha value is -1.82. The topological polar surface area (TPSA) is 59.8 Å². The minimum Gasteiger partial charge on any atom is -0.353 e. The summed E-state index contributed by atoms with van der Waals surface area (Å²) in [5, 5.41) is 12.1. The smallest absolute Gasteiger partial charge is 0.230 e. The number of rotatable bonds is 7. The molecular formula is C16H22N4OS. The molecule has 0 fully saturated rings. The van der Waals surface area contributed by atoms with Gasteiger partial charge in [-0.2, -0.15) is 0 Å². The number of aromatic nitrogens is 3. The molecule has 22 heavy (non-hydrogen) atoms. The molecule has 1 unspecified atom stereocenters. The second-order valence-electron chi connectivity index (χ2n) is 5.28. The zero-order valence-corrected chi connectivity index (χ0v) is 14.1. The first-order chi connectivity index (χ1) is 10.6. The number of carbonyl (C=O) groups excluding carboxylic acids is 1. The van der Waals surface area contributed by atoms with Crippen LogP contribution in [0.15, 0.2) is 35.5 Å². The van der Waals surface area contributed by atoms with Gasteiger partial charge in [0.15, 0.2) is 11.0 Å². The maximum absolute atomic E-state index is 11.9. The molecule has 0 aliphatic carbocycles. The molecule has 2 rings (SSSR count). The Morgan fingerprint density at radius 3 is 2.73 bits per heavy atom. The Morgan fingerprint density at radius 2 is 2.05 bits per heavy atom. The highest BCUT2D eigenvalue weighted by Gasteiger charge is 2.13. The summed E-state index contributed by atoms with van der Waals surface area (Å²) >= 11 is 1.41. The lowest BCUT2D eigenvalue weighted by molar-refractivity contribution is -0.119. The maximum atomic E-state index is 11.9. The van der Waals surface area contributed by atoms with Crippen molar-refractivity contribution in [1.29, 1.82) is 0 Å². The third-order valence-electron chi connectivity index (χ3n) is 3.33. The van der Waals surface area contributed by atoms with Gasteiger partial charge >= 0.3 is 0 Å². The van der Waals surface area contributed by atoms with Crippen molar-refractivity contribution in [3.63, 3.8) is 0 Å². The molecule has 2 aromatic rings. The van der Waals surface area contributed by atoms with E-state index in [0.29, 0.717) is 5.75 Å². The van der Waals surface area contributed by atoms with Crippen molar-refractivity contribution in [2.45, 2.75) is 37.9 Å². The predicted molar refractivity (Wildman–Crippen MR) is 89.7 cm³/mol. The number of nitrogens with zero attached hydrogens (tertiary/aromatic N) is 3. The van der Waals surface area contributed by atoms with Crippen molar-refractivity contribution in [3.8, 4) is 11.4 Å². The van der Waals surface area contributed by atoms with Crippen LogP contribution in [0.2, 0.25) is 0 Å². The summed E-state index contributed by atoms with van der Waals surface area (Å²) in [5.41, 5.74) is 1.02. The quantitative estimate of drug-likeness (QED) is 0.798. The molecular weight excluding hydrogens is 296 g/mol. The Labute approximate surface area is 135 Å². The van der Waals surface area contributed by atoms with E-state index in [4.69, 9.17) is 0 Å². The van der Waals surface area contributed by atoms with Crippen molar-refractivity contribution in [1.82, 2.24) is 20.1 Å². The highest BCUT2D eigenvalue weighted by molar-refractivity contribution is 7.99. The van der Waals surface area contributed by atoms with E-state index in [-0.39, 0.29) is 11.9 Å². The Morgan fingerprint density at radius 1 is 1.32 bits per heavy atom. The average molecular weight is 318 g/mol. The predicted octanol–water partition coefficient (Wildman–Crippen LogP) is 2.88. The van der Waals surface area contributed by atoms with Gasteiger partial charge in [-0.15, -0.1) is 10.2 Å². The van der Waals surface area contributed by atoms with Crippen LogP contribution in [0.25, 0.3) is 11.4 Å². The van der Waals surface area contributed by atoms with Gasteiger partial charge in [-0.3, -0.25) is 4.79 Å². The maximum Gasteiger partial charge on any atom is 0.230 e. The summed E-state index contributed by atoms with van der Waals surface area (Å²) in [5.74, 6) is 1.20. The van der Waals surface area contributed by atoms with Crippen LogP contribution in [0, 0.1) is 0 Å². The SMILES string of the molecule is CCCC(C)NC(=O)CSc1nnc(-c2ccccc2)n1C. The summed E-state index contributed by atoms with van der Waals surface area (Å²) in [4.78, 5) is 11.9. The molecule has 1 amide bonds. The second-order valence-corrected chi connectivity index (χ2v) is 6.22. The van der Waals surface area contributed by atoms with E-state index in [1.165, 1.54) is 11.8 Å². The molecule has 1 heterocycles. The number of thioether (sulfide) groups is 1. The first kappa shape index (κ1) is 16.5. The lowest BCUT2D eigenvalue weighted by atomic mass is 10.2. The molecule has 0 aliphatic rings. The second kappa shape index (κ2) is 7.98. The molecule has 0 radical (unpaired) electrons. The zero-order chi connectivity index (χ0) is 15.9. The number of nitrogens with one attached hydrogen (secondary N) is 1. The van der Waals surface area contributed by atoms with E-state index in [0.717, 1.165) is 29.4 Å². The van der Waals surface area contributed by atoms with Gasteiger partial charge in [-0.1, -0.05) is 55.4 Å². The fourth-order valence-corrected chi connectivity index (χ4v) is 2.95. The molecule has 1 aromatic carbocycles. The number of hydrogen-bond acceptors (Lipinski definition) is 4. The van der Waals surface area contributed by atoms with Crippen LogP contribution < -0.4 is 5.32 Å². The summed E-state index contributed by atoms with van der Waals surface area (Å²) in [6.07, 6.45) is 2.07. The largest absolute Gasteiger partial charge is 0.353 e. The van der Waals surface area contributed by atoms with Gasteiger partial charge in [0, 0.05) is 18.7 Å². The molecule has 0 saturated heterocycles. The number of amides is 1. The first-order valence-electron chi connectivity index (χ1n) is 7.48. The van der Waals surface area contributed by atoms with Crippen LogP contribution in [-0.4, -0.2) is 32.5 Å². The lowest BCUT2D eigenvalue weighted by Crippen LogP contribution is -2.33. The molecule has 0 bridgehead atoms. The number of benzene rings is 1. The molecule has 5 nitrogen and oxygen atoms in total. The van der Waals surface area contributed by atoms with Crippen molar-refractivity contribution < 1.29 is 4.79 Å². The van der Waals surface area contributed by atoms with E-state index in [9.17, 15) is 4.79 Å². The highest BCUT2D eigenvalue weighted by Crippen LogP contribution is 2.22. The zero-order valence-electron chi connectivity index (χ0n) is 13.2. The van der Waals surface area contributed by atoms with Gasteiger partial charge in [0.25, 0.3) is 0 Å². The molecule has 0 spiro atoms.